The summed E-state index contributed by atoms with van der Waals surface area (Å²) in [5.41, 5.74) is 4.03. The summed E-state index contributed by atoms with van der Waals surface area (Å²) in [6.07, 6.45) is 1.72. The lowest BCUT2D eigenvalue weighted by molar-refractivity contribution is -0.126. The van der Waals surface area contributed by atoms with Crippen LogP contribution in [0.3, 0.4) is 0 Å². The minimum atomic E-state index is -0.782. The van der Waals surface area contributed by atoms with E-state index in [9.17, 15) is 14.7 Å². The first-order chi connectivity index (χ1) is 18.6. The van der Waals surface area contributed by atoms with Gasteiger partial charge in [-0.1, -0.05) is 54.6 Å². The lowest BCUT2D eigenvalue weighted by Gasteiger charge is -2.43. The fraction of sp³-hybridized carbons (Fsp3) is 0.387. The summed E-state index contributed by atoms with van der Waals surface area (Å²) in [6.45, 7) is 5.41. The van der Waals surface area contributed by atoms with Crippen molar-refractivity contribution in [2.24, 2.45) is 0 Å². The Morgan fingerprint density at radius 1 is 1.13 bits per heavy atom. The number of rotatable bonds is 6. The van der Waals surface area contributed by atoms with Crippen molar-refractivity contribution in [1.82, 2.24) is 10.3 Å². The monoisotopic (exact) mass is 529 g/mol. The summed E-state index contributed by atoms with van der Waals surface area (Å²) >= 11 is 0. The van der Waals surface area contributed by atoms with Gasteiger partial charge in [0.2, 0.25) is 5.88 Å². The fourth-order valence-corrected chi connectivity index (χ4v) is 5.15. The molecule has 204 valence electrons. The number of hydrogen-bond donors (Lipinski definition) is 2. The van der Waals surface area contributed by atoms with Gasteiger partial charge in [0.1, 0.15) is 11.3 Å². The van der Waals surface area contributed by atoms with Gasteiger partial charge in [0.25, 0.3) is 5.91 Å². The van der Waals surface area contributed by atoms with Crippen molar-refractivity contribution in [3.8, 4) is 28.3 Å². The molecule has 0 spiro atoms. The number of amides is 2. The number of ether oxygens (including phenoxy) is 2. The number of likely N-dealkylation sites (N-methyl/N-ethyl adjacent to an activating group) is 1. The van der Waals surface area contributed by atoms with Crippen LogP contribution >= 0.6 is 0 Å². The standard InChI is InChI=1S/C31H35N3O5/c1-30(2,3)39-29(37)33-31(16-8-17-31)22-13-11-21(12-14-22)26-23(20-9-6-5-7-10-20)19-24-27(32-26)38-25(15-18-35)28(36)34(24)4/h5-7,9-14,19,25,35H,8,15-18H2,1-4H3,(H,33,37). The molecule has 1 aliphatic carbocycles. The number of hydrogen-bond acceptors (Lipinski definition) is 6. The molecule has 1 unspecified atom stereocenters. The van der Waals surface area contributed by atoms with Crippen LogP contribution in [0.4, 0.5) is 10.5 Å². The molecule has 1 aromatic heterocycles. The minimum absolute atomic E-state index is 0.158. The van der Waals surface area contributed by atoms with Crippen LogP contribution in [0.15, 0.2) is 60.7 Å². The minimum Gasteiger partial charge on any atom is -0.463 e. The summed E-state index contributed by atoms with van der Waals surface area (Å²) in [7, 11) is 1.70. The van der Waals surface area contributed by atoms with Crippen molar-refractivity contribution < 1.29 is 24.2 Å². The van der Waals surface area contributed by atoms with Crippen molar-refractivity contribution in [3.63, 3.8) is 0 Å². The molecule has 1 fully saturated rings. The highest BCUT2D eigenvalue weighted by Crippen LogP contribution is 2.44. The SMILES string of the molecule is CN1C(=O)C(CCO)Oc2nc(-c3ccc(C4(NC(=O)OC(C)(C)C)CCC4)cc3)c(-c3ccccc3)cc21. The van der Waals surface area contributed by atoms with Crippen molar-refractivity contribution in [3.05, 3.63) is 66.2 Å². The lowest BCUT2D eigenvalue weighted by atomic mass is 9.71. The van der Waals surface area contributed by atoms with Gasteiger partial charge < -0.3 is 24.8 Å². The van der Waals surface area contributed by atoms with Gasteiger partial charge in [-0.2, -0.15) is 0 Å². The molecule has 2 N–H and O–H groups in total. The van der Waals surface area contributed by atoms with E-state index < -0.39 is 23.3 Å². The maximum atomic E-state index is 12.8. The Morgan fingerprint density at radius 3 is 2.41 bits per heavy atom. The zero-order chi connectivity index (χ0) is 27.8. The molecule has 2 heterocycles. The molecule has 0 bridgehead atoms. The Labute approximate surface area is 229 Å². The molecular weight excluding hydrogens is 494 g/mol. The molecule has 2 aliphatic rings. The second-order valence-electron chi connectivity index (χ2n) is 11.2. The van der Waals surface area contributed by atoms with E-state index in [1.807, 2.05) is 81.4 Å². The number of carbonyl (C=O) groups is 2. The summed E-state index contributed by atoms with van der Waals surface area (Å²) in [4.78, 5) is 31.9. The molecule has 39 heavy (non-hydrogen) atoms. The number of nitrogens with one attached hydrogen (secondary N) is 1. The lowest BCUT2D eigenvalue weighted by Crippen LogP contribution is -2.52. The Morgan fingerprint density at radius 2 is 1.82 bits per heavy atom. The quantitative estimate of drug-likeness (QED) is 0.442. The number of pyridine rings is 1. The summed E-state index contributed by atoms with van der Waals surface area (Å²) in [6, 6.07) is 19.9. The van der Waals surface area contributed by atoms with Crippen LogP contribution in [-0.4, -0.2) is 47.5 Å². The van der Waals surface area contributed by atoms with Gasteiger partial charge in [0, 0.05) is 31.2 Å². The second kappa shape index (κ2) is 10.3. The van der Waals surface area contributed by atoms with Crippen LogP contribution in [-0.2, 0) is 15.1 Å². The third-order valence-corrected chi connectivity index (χ3v) is 7.32. The van der Waals surface area contributed by atoms with Crippen LogP contribution < -0.4 is 15.0 Å². The van der Waals surface area contributed by atoms with Crippen molar-refractivity contribution in [1.29, 1.82) is 0 Å². The largest absolute Gasteiger partial charge is 0.463 e. The van der Waals surface area contributed by atoms with E-state index >= 15 is 0 Å². The smallest absolute Gasteiger partial charge is 0.408 e. The Kier molecular flexibility index (Phi) is 7.07. The first-order valence-corrected chi connectivity index (χ1v) is 13.4. The van der Waals surface area contributed by atoms with Crippen LogP contribution in [0.5, 0.6) is 5.88 Å². The molecule has 0 radical (unpaired) electrons. The van der Waals surface area contributed by atoms with Crippen LogP contribution in [0.25, 0.3) is 22.4 Å². The number of aromatic nitrogens is 1. The highest BCUT2D eigenvalue weighted by molar-refractivity contribution is 6.00. The average molecular weight is 530 g/mol. The summed E-state index contributed by atoms with van der Waals surface area (Å²) in [5.74, 6) is 0.147. The van der Waals surface area contributed by atoms with Crippen LogP contribution in [0.1, 0.15) is 52.0 Å². The van der Waals surface area contributed by atoms with Gasteiger partial charge in [-0.3, -0.25) is 4.79 Å². The number of nitrogens with zero attached hydrogens (tertiary/aromatic N) is 2. The highest BCUT2D eigenvalue weighted by Gasteiger charge is 2.41. The van der Waals surface area contributed by atoms with Crippen molar-refractivity contribution in [2.45, 2.75) is 63.7 Å². The Bertz CT molecular complexity index is 1360. The van der Waals surface area contributed by atoms with Crippen molar-refractivity contribution in [2.75, 3.05) is 18.6 Å². The first kappa shape index (κ1) is 26.7. The molecular formula is C31H35N3O5. The molecule has 8 heteroatoms. The number of aliphatic hydroxyl groups is 1. The maximum absolute atomic E-state index is 12.8. The molecule has 2 amide bonds. The number of alkyl carbamates (subject to hydrolysis) is 1. The van der Waals surface area contributed by atoms with E-state index in [2.05, 4.69) is 5.32 Å². The van der Waals surface area contributed by atoms with E-state index in [0.29, 0.717) is 11.6 Å². The van der Waals surface area contributed by atoms with Gasteiger partial charge in [-0.05, 0) is 57.2 Å². The van der Waals surface area contributed by atoms with Crippen LogP contribution in [0, 0.1) is 0 Å². The van der Waals surface area contributed by atoms with E-state index in [1.54, 1.807) is 11.9 Å². The average Bonchev–Trinajstić information content (AvgIpc) is 2.88. The molecule has 5 rings (SSSR count). The second-order valence-corrected chi connectivity index (χ2v) is 11.2. The summed E-state index contributed by atoms with van der Waals surface area (Å²) < 4.78 is 11.5. The molecule has 2 aromatic carbocycles. The number of fused-ring (bicyclic) bond motifs is 1. The Balaban J connectivity index is 1.52. The van der Waals surface area contributed by atoms with Crippen molar-refractivity contribution >= 4 is 17.7 Å². The molecule has 8 nitrogen and oxygen atoms in total. The molecule has 3 aromatic rings. The molecule has 0 saturated heterocycles. The van der Waals surface area contributed by atoms with Gasteiger partial charge in [0.15, 0.2) is 6.10 Å². The van der Waals surface area contributed by atoms with Crippen LogP contribution in [0.2, 0.25) is 0 Å². The topological polar surface area (TPSA) is 101 Å². The third-order valence-electron chi connectivity index (χ3n) is 7.32. The number of benzene rings is 2. The fourth-order valence-electron chi connectivity index (χ4n) is 5.15. The predicted molar refractivity (Wildman–Crippen MR) is 150 cm³/mol. The zero-order valence-electron chi connectivity index (χ0n) is 22.9. The van der Waals surface area contributed by atoms with Gasteiger partial charge in [-0.25, -0.2) is 9.78 Å². The van der Waals surface area contributed by atoms with Gasteiger partial charge >= 0.3 is 6.09 Å². The molecule has 1 atom stereocenters. The number of anilines is 1. The van der Waals surface area contributed by atoms with E-state index in [4.69, 9.17) is 14.5 Å². The Hall–Kier alpha value is -3.91. The third kappa shape index (κ3) is 5.34. The predicted octanol–water partition coefficient (Wildman–Crippen LogP) is 5.43. The molecule has 1 aliphatic heterocycles. The van der Waals surface area contributed by atoms with E-state index in [0.717, 1.165) is 47.2 Å². The number of aliphatic hydroxyl groups excluding tert-OH is 1. The van der Waals surface area contributed by atoms with Gasteiger partial charge in [0.05, 0.1) is 11.2 Å². The van der Waals surface area contributed by atoms with Gasteiger partial charge in [-0.15, -0.1) is 0 Å². The number of carbonyl (C=O) groups excluding carboxylic acids is 2. The molecule has 1 saturated carbocycles. The summed E-state index contributed by atoms with van der Waals surface area (Å²) in [5, 5.41) is 12.5. The normalized spacial score (nSPS) is 18.0. The maximum Gasteiger partial charge on any atom is 0.408 e. The first-order valence-electron chi connectivity index (χ1n) is 13.4. The highest BCUT2D eigenvalue weighted by atomic mass is 16.6. The van der Waals surface area contributed by atoms with E-state index in [1.165, 1.54) is 0 Å². The van der Waals surface area contributed by atoms with E-state index in [-0.39, 0.29) is 18.9 Å². The zero-order valence-corrected chi connectivity index (χ0v) is 22.9.